The molecule has 144 valence electrons. The summed E-state index contributed by atoms with van der Waals surface area (Å²) in [7, 11) is 0. The van der Waals surface area contributed by atoms with Gasteiger partial charge in [-0.3, -0.25) is 20.4 Å². The van der Waals surface area contributed by atoms with Crippen LogP contribution in [0.25, 0.3) is 10.6 Å². The quantitative estimate of drug-likeness (QED) is 0.635. The molecule has 1 heterocycles. The summed E-state index contributed by atoms with van der Waals surface area (Å²) in [5.74, 6) is -1.16. The molecule has 0 aliphatic carbocycles. The molecule has 3 rings (SSSR count). The van der Waals surface area contributed by atoms with Crippen molar-refractivity contribution in [2.45, 2.75) is 13.5 Å². The smallest absolute Gasteiger partial charge is 0.387 e. The number of thiazole rings is 1. The van der Waals surface area contributed by atoms with Gasteiger partial charge in [0.1, 0.15) is 15.6 Å². The lowest BCUT2D eigenvalue weighted by Gasteiger charge is -2.08. The number of aryl methyl sites for hydroxylation is 1. The first-order valence-corrected chi connectivity index (χ1v) is 8.94. The monoisotopic (exact) mass is 403 g/mol. The molecule has 28 heavy (non-hydrogen) atoms. The maximum Gasteiger partial charge on any atom is 0.387 e. The van der Waals surface area contributed by atoms with Gasteiger partial charge in [0.15, 0.2) is 0 Å². The van der Waals surface area contributed by atoms with Gasteiger partial charge in [-0.05, 0) is 31.2 Å². The molecule has 9 heteroatoms. The molecule has 3 aromatic rings. The molecule has 2 N–H and O–H groups in total. The first-order chi connectivity index (χ1) is 13.4. The van der Waals surface area contributed by atoms with Crippen molar-refractivity contribution in [2.75, 3.05) is 0 Å². The van der Waals surface area contributed by atoms with Crippen molar-refractivity contribution in [3.05, 3.63) is 70.7 Å². The number of nitrogens with one attached hydrogen (secondary N) is 2. The summed E-state index contributed by atoms with van der Waals surface area (Å²) in [5.41, 5.74) is 6.23. The number of hydrazine groups is 1. The second-order valence-corrected chi connectivity index (χ2v) is 6.61. The largest absolute Gasteiger partial charge is 0.435 e. The summed E-state index contributed by atoms with van der Waals surface area (Å²) in [4.78, 5) is 29.2. The van der Waals surface area contributed by atoms with Gasteiger partial charge in [-0.2, -0.15) is 8.78 Å². The van der Waals surface area contributed by atoms with E-state index < -0.39 is 18.4 Å². The summed E-state index contributed by atoms with van der Waals surface area (Å²) in [5, 5.41) is 0.698. The molecule has 0 aliphatic rings. The number of carbonyl (C=O) groups is 2. The lowest BCUT2D eigenvalue weighted by atomic mass is 10.2. The Hall–Kier alpha value is -3.33. The summed E-state index contributed by atoms with van der Waals surface area (Å²) >= 11 is 1.21. The summed E-state index contributed by atoms with van der Waals surface area (Å²) in [6.07, 6.45) is 0. The van der Waals surface area contributed by atoms with Gasteiger partial charge in [0.2, 0.25) is 0 Å². The van der Waals surface area contributed by atoms with Gasteiger partial charge in [0.05, 0.1) is 5.69 Å². The molecule has 0 saturated heterocycles. The van der Waals surface area contributed by atoms with Crippen LogP contribution in [0.4, 0.5) is 8.78 Å². The van der Waals surface area contributed by atoms with Gasteiger partial charge in [-0.15, -0.1) is 11.3 Å². The van der Waals surface area contributed by atoms with E-state index in [1.165, 1.54) is 35.6 Å². The predicted molar refractivity (Wildman–Crippen MR) is 100 cm³/mol. The number of hydrogen-bond donors (Lipinski definition) is 2. The fourth-order valence-electron chi connectivity index (χ4n) is 2.34. The zero-order valence-corrected chi connectivity index (χ0v) is 15.4. The second-order valence-electron chi connectivity index (χ2n) is 5.61. The molecule has 0 spiro atoms. The number of alkyl halides is 2. The van der Waals surface area contributed by atoms with Crippen molar-refractivity contribution >= 4 is 23.2 Å². The zero-order chi connectivity index (χ0) is 20.1. The third-order valence-electron chi connectivity index (χ3n) is 3.65. The van der Waals surface area contributed by atoms with Crippen LogP contribution in [0.15, 0.2) is 54.6 Å². The lowest BCUT2D eigenvalue weighted by molar-refractivity contribution is -0.0498. The van der Waals surface area contributed by atoms with E-state index in [4.69, 9.17) is 0 Å². The third kappa shape index (κ3) is 4.68. The van der Waals surface area contributed by atoms with Crippen molar-refractivity contribution in [1.29, 1.82) is 0 Å². The van der Waals surface area contributed by atoms with Crippen LogP contribution in [0.2, 0.25) is 0 Å². The molecule has 0 saturated carbocycles. The van der Waals surface area contributed by atoms with Crippen LogP contribution in [0.3, 0.4) is 0 Å². The molecular weight excluding hydrogens is 388 g/mol. The van der Waals surface area contributed by atoms with E-state index >= 15 is 0 Å². The predicted octanol–water partition coefficient (Wildman–Crippen LogP) is 3.79. The molecule has 1 aromatic heterocycles. The topological polar surface area (TPSA) is 80.3 Å². The van der Waals surface area contributed by atoms with Gasteiger partial charge in [0.25, 0.3) is 11.8 Å². The zero-order valence-electron chi connectivity index (χ0n) is 14.6. The van der Waals surface area contributed by atoms with Crippen LogP contribution in [0.1, 0.15) is 25.7 Å². The molecule has 0 aliphatic heterocycles. The Kier molecular flexibility index (Phi) is 5.95. The molecule has 0 fully saturated rings. The van der Waals surface area contributed by atoms with E-state index in [2.05, 4.69) is 20.6 Å². The Bertz CT molecular complexity index is 976. The maximum absolute atomic E-state index is 12.4. The molecule has 0 unspecified atom stereocenters. The van der Waals surface area contributed by atoms with Gasteiger partial charge < -0.3 is 4.74 Å². The van der Waals surface area contributed by atoms with Crippen molar-refractivity contribution in [1.82, 2.24) is 15.8 Å². The number of ether oxygens (including phenoxy) is 1. The number of aromatic nitrogens is 1. The molecule has 0 bridgehead atoms. The highest BCUT2D eigenvalue weighted by Gasteiger charge is 2.17. The van der Waals surface area contributed by atoms with Gasteiger partial charge in [0, 0.05) is 11.1 Å². The standard InChI is InChI=1S/C19H15F2N3O3S/c1-11-15(28-18(22-11)13-5-3-2-4-6-13)17(26)24-23-16(25)12-7-9-14(10-8-12)27-19(20)21/h2-10,19H,1H3,(H,23,25)(H,24,26). The van der Waals surface area contributed by atoms with Gasteiger partial charge in [-0.1, -0.05) is 30.3 Å². The summed E-state index contributed by atoms with van der Waals surface area (Å²) in [6.45, 7) is -1.23. The third-order valence-corrected chi connectivity index (χ3v) is 4.86. The molecule has 0 radical (unpaired) electrons. The minimum absolute atomic E-state index is 0.0655. The van der Waals surface area contributed by atoms with Crippen LogP contribution < -0.4 is 15.6 Å². The van der Waals surface area contributed by atoms with Gasteiger partial charge in [-0.25, -0.2) is 4.98 Å². The number of halogens is 2. The SMILES string of the molecule is Cc1nc(-c2ccccc2)sc1C(=O)NNC(=O)c1ccc(OC(F)F)cc1. The highest BCUT2D eigenvalue weighted by Crippen LogP contribution is 2.27. The number of amides is 2. The van der Waals surface area contributed by atoms with Gasteiger partial charge >= 0.3 is 6.61 Å². The van der Waals surface area contributed by atoms with Crippen molar-refractivity contribution in [2.24, 2.45) is 0 Å². The second kappa shape index (κ2) is 8.57. The Morgan fingerprint density at radius 3 is 2.29 bits per heavy atom. The van der Waals surface area contributed by atoms with Crippen molar-refractivity contribution < 1.29 is 23.1 Å². The van der Waals surface area contributed by atoms with Crippen LogP contribution >= 0.6 is 11.3 Å². The Labute approximate surface area is 163 Å². The van der Waals surface area contributed by atoms with E-state index in [9.17, 15) is 18.4 Å². The van der Waals surface area contributed by atoms with E-state index in [1.807, 2.05) is 30.3 Å². The molecule has 2 amide bonds. The first-order valence-electron chi connectivity index (χ1n) is 8.12. The highest BCUT2D eigenvalue weighted by atomic mass is 32.1. The lowest BCUT2D eigenvalue weighted by Crippen LogP contribution is -2.41. The van der Waals surface area contributed by atoms with Crippen LogP contribution in [-0.4, -0.2) is 23.4 Å². The van der Waals surface area contributed by atoms with E-state index in [1.54, 1.807) is 6.92 Å². The Balaban J connectivity index is 1.62. The number of rotatable bonds is 5. The first kappa shape index (κ1) is 19.4. The van der Waals surface area contributed by atoms with E-state index in [0.29, 0.717) is 15.6 Å². The maximum atomic E-state index is 12.4. The van der Waals surface area contributed by atoms with Crippen LogP contribution in [-0.2, 0) is 0 Å². The van der Waals surface area contributed by atoms with Crippen molar-refractivity contribution in [3.63, 3.8) is 0 Å². The average Bonchev–Trinajstić information content (AvgIpc) is 3.08. The molecule has 6 nitrogen and oxygen atoms in total. The molecule has 2 aromatic carbocycles. The average molecular weight is 403 g/mol. The molecule has 0 atom stereocenters. The van der Waals surface area contributed by atoms with E-state index in [0.717, 1.165) is 5.56 Å². The van der Waals surface area contributed by atoms with E-state index in [-0.39, 0.29) is 11.3 Å². The van der Waals surface area contributed by atoms with Crippen molar-refractivity contribution in [3.8, 4) is 16.3 Å². The number of nitrogens with zero attached hydrogens (tertiary/aromatic N) is 1. The minimum Gasteiger partial charge on any atom is -0.435 e. The Morgan fingerprint density at radius 2 is 1.64 bits per heavy atom. The Morgan fingerprint density at radius 1 is 1.00 bits per heavy atom. The number of hydrogen-bond acceptors (Lipinski definition) is 5. The van der Waals surface area contributed by atoms with Crippen LogP contribution in [0.5, 0.6) is 5.75 Å². The normalized spacial score (nSPS) is 10.6. The summed E-state index contributed by atoms with van der Waals surface area (Å²) < 4.78 is 28.5. The fourth-order valence-corrected chi connectivity index (χ4v) is 3.31. The van der Waals surface area contributed by atoms with Crippen LogP contribution in [0, 0.1) is 6.92 Å². The highest BCUT2D eigenvalue weighted by molar-refractivity contribution is 7.17. The fraction of sp³-hybridized carbons (Fsp3) is 0.105. The molecular formula is C19H15F2N3O3S. The minimum atomic E-state index is -2.94. The number of carbonyl (C=O) groups excluding carboxylic acids is 2. The summed E-state index contributed by atoms with van der Waals surface area (Å²) in [6, 6.07) is 14.5. The number of benzene rings is 2.